The van der Waals surface area contributed by atoms with Crippen LogP contribution >= 0.6 is 11.3 Å². The summed E-state index contributed by atoms with van der Waals surface area (Å²) in [5, 5.41) is 9.17. The highest BCUT2D eigenvalue weighted by atomic mass is 32.1. The summed E-state index contributed by atoms with van der Waals surface area (Å²) in [6.07, 6.45) is 0.893. The van der Waals surface area contributed by atoms with Gasteiger partial charge in [0.15, 0.2) is 0 Å². The smallest absolute Gasteiger partial charge is 0.245 e. The number of fused-ring (bicyclic) bond motifs is 1. The average molecular weight is 181 g/mol. The quantitative estimate of drug-likeness (QED) is 0.601. The predicted octanol–water partition coefficient (Wildman–Crippen LogP) is 0.807. The Morgan fingerprint density at radius 1 is 1.42 bits per heavy atom. The molecule has 4 nitrogen and oxygen atoms in total. The van der Waals surface area contributed by atoms with Crippen molar-refractivity contribution < 1.29 is 14.7 Å². The maximum atomic E-state index is 11.1. The van der Waals surface area contributed by atoms with Crippen LogP contribution in [0, 0.1) is 0 Å². The van der Waals surface area contributed by atoms with Crippen molar-refractivity contribution in [2.75, 3.05) is 0 Å². The summed E-state index contributed by atoms with van der Waals surface area (Å²) in [4.78, 5) is 25.9. The van der Waals surface area contributed by atoms with Crippen LogP contribution in [0.5, 0.6) is 0 Å². The zero-order valence-electron chi connectivity index (χ0n) is 5.77. The third-order valence-corrected chi connectivity index (χ3v) is 2.33. The number of aromatic nitrogens is 1. The highest BCUT2D eigenvalue weighted by Crippen LogP contribution is 2.24. The minimum absolute atomic E-state index is 0.213. The summed E-state index contributed by atoms with van der Waals surface area (Å²) in [5.74, 6) is -1.51. The van der Waals surface area contributed by atoms with E-state index < -0.39 is 11.6 Å². The van der Waals surface area contributed by atoms with E-state index in [0.717, 1.165) is 17.4 Å². The first-order valence-corrected chi connectivity index (χ1v) is 4.01. The van der Waals surface area contributed by atoms with E-state index in [-0.39, 0.29) is 16.3 Å². The van der Waals surface area contributed by atoms with E-state index in [1.807, 2.05) is 0 Å². The van der Waals surface area contributed by atoms with E-state index in [1.54, 1.807) is 0 Å². The van der Waals surface area contributed by atoms with E-state index in [1.165, 1.54) is 5.51 Å². The second kappa shape index (κ2) is 2.25. The fourth-order valence-corrected chi connectivity index (χ4v) is 1.70. The molecule has 2 rings (SSSR count). The number of hydrogen-bond acceptors (Lipinski definition) is 5. The van der Waals surface area contributed by atoms with Crippen molar-refractivity contribution in [1.29, 1.82) is 0 Å². The molecule has 1 aliphatic rings. The molecule has 60 valence electrons. The molecule has 0 saturated carbocycles. The average Bonchev–Trinajstić information content (AvgIpc) is 2.48. The minimum Gasteiger partial charge on any atom is -0.505 e. The Morgan fingerprint density at radius 3 is 2.92 bits per heavy atom. The van der Waals surface area contributed by atoms with Gasteiger partial charge < -0.3 is 5.11 Å². The van der Waals surface area contributed by atoms with Gasteiger partial charge >= 0.3 is 0 Å². The lowest BCUT2D eigenvalue weighted by Gasteiger charge is -2.03. The van der Waals surface area contributed by atoms with E-state index >= 15 is 0 Å². The van der Waals surface area contributed by atoms with Crippen LogP contribution in [0.25, 0.3) is 5.76 Å². The van der Waals surface area contributed by atoms with Gasteiger partial charge in [-0.1, -0.05) is 0 Å². The molecule has 0 bridgehead atoms. The number of carbonyl (C=O) groups excluding carboxylic acids is 2. The molecule has 0 spiro atoms. The maximum Gasteiger partial charge on any atom is 0.245 e. The highest BCUT2D eigenvalue weighted by Gasteiger charge is 2.27. The monoisotopic (exact) mass is 181 g/mol. The van der Waals surface area contributed by atoms with Gasteiger partial charge in [-0.3, -0.25) is 9.59 Å². The van der Waals surface area contributed by atoms with Gasteiger partial charge in [0, 0.05) is 6.08 Å². The van der Waals surface area contributed by atoms with Crippen LogP contribution in [0.15, 0.2) is 11.6 Å². The Morgan fingerprint density at radius 2 is 2.17 bits per heavy atom. The molecular weight excluding hydrogens is 178 g/mol. The molecule has 0 radical (unpaired) electrons. The molecule has 0 saturated heterocycles. The fraction of sp³-hybridized carbons (Fsp3) is 0. The zero-order chi connectivity index (χ0) is 8.72. The molecule has 0 unspecified atom stereocenters. The Bertz CT molecular complexity index is 405. The molecule has 0 amide bonds. The summed E-state index contributed by atoms with van der Waals surface area (Å²) >= 11 is 1.06. The Hall–Kier alpha value is -1.49. The van der Waals surface area contributed by atoms with Crippen molar-refractivity contribution in [1.82, 2.24) is 4.98 Å². The number of nitrogens with zero attached hydrogens (tertiary/aromatic N) is 1. The number of thiazole rings is 1. The van der Waals surface area contributed by atoms with Crippen molar-refractivity contribution in [3.63, 3.8) is 0 Å². The minimum atomic E-state index is -0.691. The van der Waals surface area contributed by atoms with Gasteiger partial charge in [-0.05, 0) is 0 Å². The van der Waals surface area contributed by atoms with Crippen molar-refractivity contribution in [3.05, 3.63) is 22.2 Å². The first-order chi connectivity index (χ1) is 5.70. The number of hydrogen-bond donors (Lipinski definition) is 1. The van der Waals surface area contributed by atoms with Crippen LogP contribution in [0.1, 0.15) is 15.4 Å². The van der Waals surface area contributed by atoms with Gasteiger partial charge in [-0.2, -0.15) is 0 Å². The van der Waals surface area contributed by atoms with Crippen LogP contribution in [-0.4, -0.2) is 21.7 Å². The van der Waals surface area contributed by atoms with E-state index in [4.69, 9.17) is 0 Å². The Kier molecular flexibility index (Phi) is 1.34. The van der Waals surface area contributed by atoms with Crippen LogP contribution in [0.4, 0.5) is 0 Å². The molecule has 0 aliphatic heterocycles. The molecular formula is C7H3NO3S. The van der Waals surface area contributed by atoms with Crippen molar-refractivity contribution in [2.24, 2.45) is 0 Å². The lowest BCUT2D eigenvalue weighted by molar-refractivity contribution is -0.111. The lowest BCUT2D eigenvalue weighted by atomic mass is 10.1. The van der Waals surface area contributed by atoms with Gasteiger partial charge in [0.1, 0.15) is 16.3 Å². The normalized spacial score (nSPS) is 15.8. The number of ketones is 2. The first kappa shape index (κ1) is 7.17. The summed E-state index contributed by atoms with van der Waals surface area (Å²) in [6.45, 7) is 0. The van der Waals surface area contributed by atoms with Crippen molar-refractivity contribution >= 4 is 28.7 Å². The predicted molar refractivity (Wildman–Crippen MR) is 42.1 cm³/mol. The second-order valence-corrected chi connectivity index (χ2v) is 3.11. The van der Waals surface area contributed by atoms with Gasteiger partial charge in [0.2, 0.25) is 11.6 Å². The largest absolute Gasteiger partial charge is 0.505 e. The summed E-state index contributed by atoms with van der Waals surface area (Å²) in [6, 6.07) is 0. The SMILES string of the molecule is O=C1C=C(O)c2ncsc2C1=O. The van der Waals surface area contributed by atoms with Crippen molar-refractivity contribution in [3.8, 4) is 0 Å². The molecule has 1 aromatic heterocycles. The van der Waals surface area contributed by atoms with Gasteiger partial charge in [0.25, 0.3) is 0 Å². The van der Waals surface area contributed by atoms with Crippen LogP contribution in [0.3, 0.4) is 0 Å². The van der Waals surface area contributed by atoms with E-state index in [2.05, 4.69) is 4.98 Å². The number of Topliss-reactive ketones (excluding diaryl/α,β-unsaturated/α-hetero) is 1. The van der Waals surface area contributed by atoms with Crippen molar-refractivity contribution in [2.45, 2.75) is 0 Å². The number of aliphatic hydroxyl groups is 1. The lowest BCUT2D eigenvalue weighted by Crippen LogP contribution is -2.16. The first-order valence-electron chi connectivity index (χ1n) is 3.13. The van der Waals surface area contributed by atoms with Crippen LogP contribution in [-0.2, 0) is 4.79 Å². The molecule has 0 fully saturated rings. The highest BCUT2D eigenvalue weighted by molar-refractivity contribution is 7.13. The number of aliphatic hydroxyl groups excluding tert-OH is 1. The van der Waals surface area contributed by atoms with E-state index in [9.17, 15) is 14.7 Å². The second-order valence-electron chi connectivity index (χ2n) is 2.25. The summed E-state index contributed by atoms with van der Waals surface area (Å²) < 4.78 is 0. The number of allylic oxidation sites excluding steroid dienone is 1. The molecule has 1 aromatic rings. The fourth-order valence-electron chi connectivity index (χ4n) is 0.960. The molecule has 1 heterocycles. The van der Waals surface area contributed by atoms with Gasteiger partial charge in [0.05, 0.1) is 5.51 Å². The summed E-state index contributed by atoms with van der Waals surface area (Å²) in [5.41, 5.74) is 1.63. The standard InChI is InChI=1S/C7H3NO3S/c9-3-1-4(10)6(11)7-5(3)8-2-12-7/h1-2,9H. The molecule has 12 heavy (non-hydrogen) atoms. The zero-order valence-corrected chi connectivity index (χ0v) is 6.59. The van der Waals surface area contributed by atoms with E-state index in [0.29, 0.717) is 0 Å². The molecule has 1 N–H and O–H groups in total. The molecule has 5 heteroatoms. The Labute approximate surface area is 71.2 Å². The number of carbonyl (C=O) groups is 2. The Balaban J connectivity index is 2.70. The molecule has 0 aromatic carbocycles. The number of rotatable bonds is 0. The summed E-state index contributed by atoms with van der Waals surface area (Å²) in [7, 11) is 0. The third-order valence-electron chi connectivity index (χ3n) is 1.51. The van der Waals surface area contributed by atoms with Gasteiger partial charge in [-0.25, -0.2) is 4.98 Å². The van der Waals surface area contributed by atoms with Crippen LogP contribution in [0.2, 0.25) is 0 Å². The van der Waals surface area contributed by atoms with Crippen LogP contribution < -0.4 is 0 Å². The molecule has 0 atom stereocenters. The molecule has 1 aliphatic carbocycles. The van der Waals surface area contributed by atoms with Gasteiger partial charge in [-0.15, -0.1) is 11.3 Å². The topological polar surface area (TPSA) is 67.3 Å². The third kappa shape index (κ3) is 0.799. The maximum absolute atomic E-state index is 11.1.